The van der Waals surface area contributed by atoms with Crippen LogP contribution in [-0.2, 0) is 10.9 Å². The molecule has 4 rings (SSSR count). The van der Waals surface area contributed by atoms with Crippen LogP contribution in [0.4, 0.5) is 30.5 Å². The Bertz CT molecular complexity index is 931. The van der Waals surface area contributed by atoms with Crippen molar-refractivity contribution in [3.05, 3.63) is 41.7 Å². The normalized spacial score (nSPS) is 17.7. The van der Waals surface area contributed by atoms with Gasteiger partial charge in [-0.1, -0.05) is 0 Å². The Balaban J connectivity index is 1.45. The zero-order chi connectivity index (χ0) is 21.1. The van der Waals surface area contributed by atoms with Crippen molar-refractivity contribution in [2.45, 2.75) is 6.18 Å². The summed E-state index contributed by atoms with van der Waals surface area (Å²) in [5.41, 5.74) is -0.782. The van der Waals surface area contributed by atoms with E-state index in [4.69, 9.17) is 10.00 Å². The van der Waals surface area contributed by atoms with Crippen LogP contribution in [0.5, 0.6) is 0 Å². The highest BCUT2D eigenvalue weighted by molar-refractivity contribution is 5.57. The molecule has 3 heterocycles. The molecular formula is C20H21F3N6O. The minimum absolute atomic E-state index is 0.360. The van der Waals surface area contributed by atoms with Gasteiger partial charge < -0.3 is 19.4 Å². The summed E-state index contributed by atoms with van der Waals surface area (Å²) < 4.78 is 45.1. The fraction of sp³-hybridized carbons (Fsp3) is 0.450. The lowest BCUT2D eigenvalue weighted by Gasteiger charge is -2.37. The van der Waals surface area contributed by atoms with E-state index in [2.05, 4.69) is 19.8 Å². The van der Waals surface area contributed by atoms with Crippen LogP contribution in [0, 0.1) is 11.3 Å². The first-order valence-corrected chi connectivity index (χ1v) is 9.72. The molecule has 1 aromatic heterocycles. The van der Waals surface area contributed by atoms with Crippen LogP contribution < -0.4 is 14.7 Å². The van der Waals surface area contributed by atoms with Crippen LogP contribution in [-0.4, -0.2) is 62.5 Å². The van der Waals surface area contributed by atoms with Gasteiger partial charge in [-0.25, -0.2) is 9.97 Å². The highest BCUT2D eigenvalue weighted by atomic mass is 19.4. The van der Waals surface area contributed by atoms with Gasteiger partial charge in [0.2, 0.25) is 0 Å². The number of hydrogen-bond donors (Lipinski definition) is 0. The maximum atomic E-state index is 13.3. The van der Waals surface area contributed by atoms with Gasteiger partial charge >= 0.3 is 6.18 Å². The largest absolute Gasteiger partial charge is 0.417 e. The third-order valence-electron chi connectivity index (χ3n) is 5.37. The van der Waals surface area contributed by atoms with E-state index in [-0.39, 0.29) is 5.56 Å². The van der Waals surface area contributed by atoms with Gasteiger partial charge in [-0.3, -0.25) is 0 Å². The van der Waals surface area contributed by atoms with Crippen LogP contribution in [0.3, 0.4) is 0 Å². The minimum atomic E-state index is -4.56. The van der Waals surface area contributed by atoms with E-state index in [1.165, 1.54) is 6.07 Å². The van der Waals surface area contributed by atoms with E-state index in [1.54, 1.807) is 18.5 Å². The molecule has 2 aliphatic rings. The fourth-order valence-corrected chi connectivity index (χ4v) is 3.73. The van der Waals surface area contributed by atoms with Crippen molar-refractivity contribution >= 4 is 17.3 Å². The number of rotatable bonds is 3. The molecule has 2 aromatic rings. The number of aromatic nitrogens is 2. The number of ether oxygens (including phenoxy) is 1. The Labute approximate surface area is 172 Å². The first-order chi connectivity index (χ1) is 14.5. The zero-order valence-corrected chi connectivity index (χ0v) is 16.3. The van der Waals surface area contributed by atoms with Gasteiger partial charge in [0.1, 0.15) is 18.0 Å². The molecule has 2 fully saturated rings. The number of halogens is 3. The standard InChI is InChI=1S/C20H21F3N6O/c21-20(22,23)17-11-16(2-1-15(17)13-24)27-3-5-28(6-4-27)18-12-19(26-14-25-18)29-7-9-30-10-8-29/h1-2,11-12,14H,3-10H2. The van der Waals surface area contributed by atoms with Crippen molar-refractivity contribution < 1.29 is 17.9 Å². The molecule has 0 aliphatic carbocycles. The number of nitrogens with zero attached hydrogens (tertiary/aromatic N) is 6. The van der Waals surface area contributed by atoms with Gasteiger partial charge in [0.25, 0.3) is 0 Å². The summed E-state index contributed by atoms with van der Waals surface area (Å²) in [6.45, 7) is 5.27. The first-order valence-electron chi connectivity index (χ1n) is 9.72. The molecule has 0 unspecified atom stereocenters. The first kappa shape index (κ1) is 20.2. The van der Waals surface area contributed by atoms with E-state index < -0.39 is 11.7 Å². The molecule has 0 amide bonds. The van der Waals surface area contributed by atoms with Gasteiger partial charge in [-0.05, 0) is 18.2 Å². The lowest BCUT2D eigenvalue weighted by atomic mass is 10.1. The van der Waals surface area contributed by atoms with Crippen molar-refractivity contribution in [1.82, 2.24) is 9.97 Å². The molecular weight excluding hydrogens is 397 g/mol. The molecule has 10 heteroatoms. The van der Waals surface area contributed by atoms with E-state index in [0.29, 0.717) is 45.1 Å². The molecule has 0 N–H and O–H groups in total. The van der Waals surface area contributed by atoms with Gasteiger partial charge in [0.05, 0.1) is 30.4 Å². The lowest BCUT2D eigenvalue weighted by Crippen LogP contribution is -2.47. The second-order valence-electron chi connectivity index (χ2n) is 7.15. The van der Waals surface area contributed by atoms with Crippen LogP contribution in [0.1, 0.15) is 11.1 Å². The molecule has 1 aromatic carbocycles. The SMILES string of the molecule is N#Cc1ccc(N2CCN(c3cc(N4CCOCC4)ncn3)CC2)cc1C(F)(F)F. The summed E-state index contributed by atoms with van der Waals surface area (Å²) in [6, 6.07) is 7.45. The average Bonchev–Trinajstić information content (AvgIpc) is 2.79. The van der Waals surface area contributed by atoms with Crippen LogP contribution >= 0.6 is 0 Å². The number of nitriles is 1. The van der Waals surface area contributed by atoms with E-state index >= 15 is 0 Å². The number of morpholine rings is 1. The predicted molar refractivity (Wildman–Crippen MR) is 106 cm³/mol. The maximum absolute atomic E-state index is 13.3. The average molecular weight is 418 g/mol. The Hall–Kier alpha value is -3.06. The summed E-state index contributed by atoms with van der Waals surface area (Å²) >= 11 is 0. The molecule has 158 valence electrons. The van der Waals surface area contributed by atoms with Crippen molar-refractivity contribution in [2.24, 2.45) is 0 Å². The number of piperazine rings is 1. The van der Waals surface area contributed by atoms with E-state index in [0.717, 1.165) is 30.8 Å². The van der Waals surface area contributed by atoms with Crippen LogP contribution in [0.2, 0.25) is 0 Å². The molecule has 30 heavy (non-hydrogen) atoms. The monoisotopic (exact) mass is 418 g/mol. The van der Waals surface area contributed by atoms with E-state index in [9.17, 15) is 13.2 Å². The highest BCUT2D eigenvalue weighted by Gasteiger charge is 2.34. The molecule has 0 spiro atoms. The summed E-state index contributed by atoms with van der Waals surface area (Å²) in [7, 11) is 0. The topological polar surface area (TPSA) is 68.5 Å². The molecule has 0 radical (unpaired) electrons. The Morgan fingerprint density at radius 3 is 2.07 bits per heavy atom. The number of anilines is 3. The second-order valence-corrected chi connectivity index (χ2v) is 7.15. The maximum Gasteiger partial charge on any atom is 0.417 e. The molecule has 2 saturated heterocycles. The summed E-state index contributed by atoms with van der Waals surface area (Å²) in [4.78, 5) is 14.9. The number of hydrogen-bond acceptors (Lipinski definition) is 7. The molecule has 0 bridgehead atoms. The van der Waals surface area contributed by atoms with Gasteiger partial charge in [0.15, 0.2) is 0 Å². The predicted octanol–water partition coefficient (Wildman–Crippen LogP) is 2.53. The van der Waals surface area contributed by atoms with E-state index in [1.807, 2.05) is 11.0 Å². The van der Waals surface area contributed by atoms with Gasteiger partial charge in [-0.15, -0.1) is 0 Å². The minimum Gasteiger partial charge on any atom is -0.378 e. The molecule has 7 nitrogen and oxygen atoms in total. The number of alkyl halides is 3. The Morgan fingerprint density at radius 2 is 1.47 bits per heavy atom. The van der Waals surface area contributed by atoms with Gasteiger partial charge in [-0.2, -0.15) is 18.4 Å². The van der Waals surface area contributed by atoms with Crippen molar-refractivity contribution in [3.8, 4) is 6.07 Å². The summed E-state index contributed by atoms with van der Waals surface area (Å²) in [6.07, 6.45) is -3.01. The van der Waals surface area contributed by atoms with Gasteiger partial charge in [0, 0.05) is 51.0 Å². The van der Waals surface area contributed by atoms with Crippen molar-refractivity contribution in [3.63, 3.8) is 0 Å². The van der Waals surface area contributed by atoms with Crippen LogP contribution in [0.15, 0.2) is 30.6 Å². The molecule has 0 saturated carbocycles. The summed E-state index contributed by atoms with van der Waals surface area (Å²) in [5, 5.41) is 8.97. The van der Waals surface area contributed by atoms with Crippen molar-refractivity contribution in [1.29, 1.82) is 5.26 Å². The quantitative estimate of drug-likeness (QED) is 0.759. The second kappa shape index (κ2) is 8.36. The molecule has 2 aliphatic heterocycles. The fourth-order valence-electron chi connectivity index (χ4n) is 3.73. The lowest BCUT2D eigenvalue weighted by molar-refractivity contribution is -0.137. The Kier molecular flexibility index (Phi) is 5.63. The zero-order valence-electron chi connectivity index (χ0n) is 16.3. The third-order valence-corrected chi connectivity index (χ3v) is 5.37. The van der Waals surface area contributed by atoms with Crippen LogP contribution in [0.25, 0.3) is 0 Å². The number of benzene rings is 1. The molecule has 0 atom stereocenters. The van der Waals surface area contributed by atoms with Crippen molar-refractivity contribution in [2.75, 3.05) is 67.2 Å². The highest BCUT2D eigenvalue weighted by Crippen LogP contribution is 2.34. The Morgan fingerprint density at radius 1 is 0.867 bits per heavy atom. The smallest absolute Gasteiger partial charge is 0.378 e. The summed E-state index contributed by atoms with van der Waals surface area (Å²) in [5.74, 6) is 1.66. The third kappa shape index (κ3) is 4.26.